The minimum atomic E-state index is -3.51. The molecule has 0 fully saturated rings. The topological polar surface area (TPSA) is 54.5 Å². The standard InChI is InChI=1S/C19H21NO3S/c1-13(2)24(22,23)18-11-7-6-10-17(18)19(21)20-12-15-8-4-5-9-16(15)14(20)3/h4-11,13-14H,12H2,1-3H3. The van der Waals surface area contributed by atoms with Crippen molar-refractivity contribution in [2.24, 2.45) is 0 Å². The fraction of sp³-hybridized carbons (Fsp3) is 0.316. The maximum absolute atomic E-state index is 13.1. The van der Waals surface area contributed by atoms with Crippen LogP contribution in [0.1, 0.15) is 48.3 Å². The third-order valence-electron chi connectivity index (χ3n) is 4.62. The van der Waals surface area contributed by atoms with Gasteiger partial charge in [0.05, 0.1) is 21.8 Å². The third kappa shape index (κ3) is 2.63. The van der Waals surface area contributed by atoms with E-state index in [1.54, 1.807) is 36.9 Å². The second kappa shape index (κ2) is 6.06. The molecule has 0 N–H and O–H groups in total. The molecule has 0 aliphatic carbocycles. The first-order chi connectivity index (χ1) is 11.3. The summed E-state index contributed by atoms with van der Waals surface area (Å²) >= 11 is 0. The van der Waals surface area contributed by atoms with Gasteiger partial charge in [-0.25, -0.2) is 8.42 Å². The van der Waals surface area contributed by atoms with Crippen LogP contribution in [0.15, 0.2) is 53.4 Å². The molecule has 1 atom stereocenters. The summed E-state index contributed by atoms with van der Waals surface area (Å²) in [6.07, 6.45) is 0. The molecule has 0 bridgehead atoms. The van der Waals surface area contributed by atoms with Crippen molar-refractivity contribution in [2.75, 3.05) is 0 Å². The van der Waals surface area contributed by atoms with Crippen LogP contribution in [-0.2, 0) is 16.4 Å². The van der Waals surface area contributed by atoms with Crippen LogP contribution < -0.4 is 0 Å². The highest BCUT2D eigenvalue weighted by atomic mass is 32.2. The zero-order chi connectivity index (χ0) is 17.5. The molecule has 1 aliphatic rings. The first-order valence-electron chi connectivity index (χ1n) is 8.05. The maximum Gasteiger partial charge on any atom is 0.255 e. The van der Waals surface area contributed by atoms with Gasteiger partial charge in [-0.3, -0.25) is 4.79 Å². The van der Waals surface area contributed by atoms with E-state index in [0.717, 1.165) is 11.1 Å². The highest BCUT2D eigenvalue weighted by Crippen LogP contribution is 2.35. The molecule has 0 spiro atoms. The monoisotopic (exact) mass is 343 g/mol. The zero-order valence-corrected chi connectivity index (χ0v) is 14.9. The minimum absolute atomic E-state index is 0.0662. The third-order valence-corrected chi connectivity index (χ3v) is 6.83. The number of amides is 1. The molecule has 1 aliphatic heterocycles. The molecule has 126 valence electrons. The van der Waals surface area contributed by atoms with Crippen molar-refractivity contribution in [3.63, 3.8) is 0 Å². The lowest BCUT2D eigenvalue weighted by Gasteiger charge is -2.23. The predicted octanol–water partition coefficient (Wildman–Crippen LogP) is 3.59. The number of fused-ring (bicyclic) bond motifs is 1. The van der Waals surface area contributed by atoms with E-state index >= 15 is 0 Å². The molecule has 2 aromatic rings. The zero-order valence-electron chi connectivity index (χ0n) is 14.1. The molecule has 1 amide bonds. The number of benzene rings is 2. The summed E-state index contributed by atoms with van der Waals surface area (Å²) in [4.78, 5) is 14.9. The number of carbonyl (C=O) groups excluding carboxylic acids is 1. The predicted molar refractivity (Wildman–Crippen MR) is 93.5 cm³/mol. The first-order valence-corrected chi connectivity index (χ1v) is 9.60. The van der Waals surface area contributed by atoms with Gasteiger partial charge in [-0.05, 0) is 44.0 Å². The van der Waals surface area contributed by atoms with Crippen molar-refractivity contribution in [1.29, 1.82) is 0 Å². The number of sulfone groups is 1. The lowest BCUT2D eigenvalue weighted by molar-refractivity contribution is 0.0701. The van der Waals surface area contributed by atoms with Gasteiger partial charge in [0.1, 0.15) is 0 Å². The second-order valence-corrected chi connectivity index (χ2v) is 8.87. The Bertz CT molecular complexity index is 887. The Morgan fingerprint density at radius 1 is 1.08 bits per heavy atom. The molecule has 5 heteroatoms. The SMILES string of the molecule is CC1c2ccccc2CN1C(=O)c1ccccc1S(=O)(=O)C(C)C. The van der Waals surface area contributed by atoms with Gasteiger partial charge in [0.15, 0.2) is 9.84 Å². The van der Waals surface area contributed by atoms with Crippen molar-refractivity contribution >= 4 is 15.7 Å². The Morgan fingerprint density at radius 2 is 1.71 bits per heavy atom. The van der Waals surface area contributed by atoms with Gasteiger partial charge in [-0.2, -0.15) is 0 Å². The Labute approximate surface area is 143 Å². The van der Waals surface area contributed by atoms with E-state index < -0.39 is 15.1 Å². The van der Waals surface area contributed by atoms with Crippen molar-refractivity contribution in [3.8, 4) is 0 Å². The van der Waals surface area contributed by atoms with Crippen LogP contribution in [0.5, 0.6) is 0 Å². The van der Waals surface area contributed by atoms with Gasteiger partial charge in [0.2, 0.25) is 0 Å². The lowest BCUT2D eigenvalue weighted by atomic mass is 10.1. The molecule has 24 heavy (non-hydrogen) atoms. The number of hydrogen-bond acceptors (Lipinski definition) is 3. The summed E-state index contributed by atoms with van der Waals surface area (Å²) in [5, 5.41) is -0.570. The van der Waals surface area contributed by atoms with Crippen LogP contribution in [-0.4, -0.2) is 24.5 Å². The molecule has 1 unspecified atom stereocenters. The molecule has 3 rings (SSSR count). The second-order valence-electron chi connectivity index (χ2n) is 6.40. The number of hydrogen-bond donors (Lipinski definition) is 0. The van der Waals surface area contributed by atoms with Gasteiger partial charge in [-0.1, -0.05) is 36.4 Å². The normalized spacial score (nSPS) is 17.2. The molecule has 0 aromatic heterocycles. The average molecular weight is 343 g/mol. The summed E-state index contributed by atoms with van der Waals surface area (Å²) in [6, 6.07) is 14.4. The molecule has 0 saturated heterocycles. The largest absolute Gasteiger partial charge is 0.328 e. The van der Waals surface area contributed by atoms with Crippen molar-refractivity contribution in [2.45, 2.75) is 43.5 Å². The van der Waals surface area contributed by atoms with E-state index in [2.05, 4.69) is 0 Å². The Kier molecular flexibility index (Phi) is 4.22. The van der Waals surface area contributed by atoms with Crippen LogP contribution >= 0.6 is 0 Å². The maximum atomic E-state index is 13.1. The summed E-state index contributed by atoms with van der Waals surface area (Å²) in [5.41, 5.74) is 2.49. The smallest absolute Gasteiger partial charge is 0.255 e. The van der Waals surface area contributed by atoms with Crippen molar-refractivity contribution in [1.82, 2.24) is 4.90 Å². The molecule has 1 heterocycles. The average Bonchev–Trinajstić information content (AvgIpc) is 2.91. The van der Waals surface area contributed by atoms with Gasteiger partial charge < -0.3 is 4.90 Å². The quantitative estimate of drug-likeness (QED) is 0.856. The molecular weight excluding hydrogens is 322 g/mol. The minimum Gasteiger partial charge on any atom is -0.328 e. The molecule has 0 saturated carbocycles. The van der Waals surface area contributed by atoms with E-state index in [1.807, 2.05) is 31.2 Å². The van der Waals surface area contributed by atoms with Crippen LogP contribution in [0.2, 0.25) is 0 Å². The molecular formula is C19H21NO3S. The van der Waals surface area contributed by atoms with Gasteiger partial charge in [0, 0.05) is 6.54 Å². The van der Waals surface area contributed by atoms with Crippen molar-refractivity contribution in [3.05, 3.63) is 65.2 Å². The highest BCUT2D eigenvalue weighted by Gasteiger charge is 2.33. The van der Waals surface area contributed by atoms with E-state index in [0.29, 0.717) is 6.54 Å². The Hall–Kier alpha value is -2.14. The van der Waals surface area contributed by atoms with Crippen LogP contribution in [0, 0.1) is 0 Å². The van der Waals surface area contributed by atoms with Crippen LogP contribution in [0.4, 0.5) is 0 Å². The molecule has 0 radical (unpaired) electrons. The summed E-state index contributed by atoms with van der Waals surface area (Å²) in [5.74, 6) is -0.237. The van der Waals surface area contributed by atoms with E-state index in [9.17, 15) is 13.2 Å². The summed E-state index contributed by atoms with van der Waals surface area (Å²) in [6.45, 7) is 5.74. The van der Waals surface area contributed by atoms with Gasteiger partial charge in [-0.15, -0.1) is 0 Å². The highest BCUT2D eigenvalue weighted by molar-refractivity contribution is 7.92. The number of rotatable bonds is 3. The van der Waals surface area contributed by atoms with Crippen LogP contribution in [0.25, 0.3) is 0 Å². The Morgan fingerprint density at radius 3 is 2.38 bits per heavy atom. The summed E-state index contributed by atoms with van der Waals surface area (Å²) in [7, 11) is -3.51. The van der Waals surface area contributed by atoms with E-state index in [-0.39, 0.29) is 22.4 Å². The van der Waals surface area contributed by atoms with E-state index in [4.69, 9.17) is 0 Å². The summed E-state index contributed by atoms with van der Waals surface area (Å²) < 4.78 is 25.2. The first kappa shape index (κ1) is 16.7. The molecule has 2 aromatic carbocycles. The van der Waals surface area contributed by atoms with Crippen LogP contribution in [0.3, 0.4) is 0 Å². The van der Waals surface area contributed by atoms with Crippen molar-refractivity contribution < 1.29 is 13.2 Å². The van der Waals surface area contributed by atoms with E-state index in [1.165, 1.54) is 6.07 Å². The Balaban J connectivity index is 2.02. The van der Waals surface area contributed by atoms with Gasteiger partial charge in [0.25, 0.3) is 5.91 Å². The molecule has 4 nitrogen and oxygen atoms in total. The number of nitrogens with zero attached hydrogens (tertiary/aromatic N) is 1. The van der Waals surface area contributed by atoms with Gasteiger partial charge >= 0.3 is 0 Å². The fourth-order valence-corrected chi connectivity index (χ4v) is 4.36. The lowest BCUT2D eigenvalue weighted by Crippen LogP contribution is -2.30. The fourth-order valence-electron chi connectivity index (χ4n) is 3.12. The number of carbonyl (C=O) groups is 1.